The third-order valence-corrected chi connectivity index (χ3v) is 7.70. The highest BCUT2D eigenvalue weighted by molar-refractivity contribution is 7.90. The minimum Gasteiger partial charge on any atom is -0.491 e. The number of aliphatic carboxylic acids is 1. The van der Waals surface area contributed by atoms with E-state index in [1.807, 2.05) is 13.8 Å². The molecule has 0 aliphatic rings. The molecule has 4 rings (SSSR count). The number of ether oxygens (including phenoxy) is 2. The number of benzene rings is 3. The first-order chi connectivity index (χ1) is 17.0. The van der Waals surface area contributed by atoms with Gasteiger partial charge in [0.15, 0.2) is 0 Å². The van der Waals surface area contributed by atoms with Crippen LogP contribution < -0.4 is 9.47 Å². The fourth-order valence-corrected chi connectivity index (χ4v) is 5.43. The van der Waals surface area contributed by atoms with Gasteiger partial charge in [0.05, 0.1) is 26.6 Å². The molecule has 0 amide bonds. The van der Waals surface area contributed by atoms with Crippen molar-refractivity contribution in [3.8, 4) is 17.2 Å². The van der Waals surface area contributed by atoms with Gasteiger partial charge in [0.1, 0.15) is 17.2 Å². The highest BCUT2D eigenvalue weighted by atomic mass is 35.5. The molecule has 0 radical (unpaired) electrons. The third kappa shape index (κ3) is 5.61. The lowest BCUT2D eigenvalue weighted by atomic mass is 10.1. The van der Waals surface area contributed by atoms with Crippen molar-refractivity contribution in [1.29, 1.82) is 0 Å². The van der Waals surface area contributed by atoms with Crippen LogP contribution in [0.3, 0.4) is 0 Å². The molecule has 0 aliphatic heterocycles. The van der Waals surface area contributed by atoms with Gasteiger partial charge in [-0.15, -0.1) is 0 Å². The minimum atomic E-state index is -4.07. The Morgan fingerprint density at radius 2 is 1.69 bits per heavy atom. The zero-order valence-corrected chi connectivity index (χ0v) is 21.8. The predicted molar refractivity (Wildman–Crippen MR) is 139 cm³/mol. The van der Waals surface area contributed by atoms with Crippen LogP contribution >= 0.6 is 23.2 Å². The Morgan fingerprint density at radius 1 is 0.972 bits per heavy atom. The molecular weight excluding hydrogens is 525 g/mol. The van der Waals surface area contributed by atoms with Crippen LogP contribution in [0.25, 0.3) is 10.9 Å². The summed E-state index contributed by atoms with van der Waals surface area (Å²) in [5.41, 5.74) is 1.000. The molecule has 1 aromatic heterocycles. The lowest BCUT2D eigenvalue weighted by Gasteiger charge is -2.12. The molecule has 0 aliphatic carbocycles. The Kier molecular flexibility index (Phi) is 7.49. The molecule has 0 bridgehead atoms. The first kappa shape index (κ1) is 25.9. The number of rotatable bonds is 9. The number of aryl methyl sites for hydroxylation is 1. The largest absolute Gasteiger partial charge is 0.491 e. The van der Waals surface area contributed by atoms with E-state index in [-0.39, 0.29) is 23.8 Å². The molecule has 1 N–H and O–H groups in total. The van der Waals surface area contributed by atoms with Gasteiger partial charge >= 0.3 is 5.97 Å². The summed E-state index contributed by atoms with van der Waals surface area (Å²) in [6.45, 7) is 3.75. The van der Waals surface area contributed by atoms with Gasteiger partial charge in [-0.1, -0.05) is 29.3 Å². The van der Waals surface area contributed by atoms with Crippen LogP contribution in [0.4, 0.5) is 0 Å². The topological polar surface area (TPSA) is 94.8 Å². The lowest BCUT2D eigenvalue weighted by molar-refractivity contribution is -0.136. The number of carboxylic acid groups (broad SMARTS) is 1. The number of halogens is 2. The van der Waals surface area contributed by atoms with Gasteiger partial charge < -0.3 is 14.6 Å². The van der Waals surface area contributed by atoms with E-state index in [4.69, 9.17) is 37.8 Å². The van der Waals surface area contributed by atoms with E-state index in [2.05, 4.69) is 0 Å². The van der Waals surface area contributed by atoms with Gasteiger partial charge in [-0.3, -0.25) is 4.79 Å². The Balaban J connectivity index is 1.77. The zero-order valence-electron chi connectivity index (χ0n) is 19.4. The molecule has 3 aromatic carbocycles. The maximum atomic E-state index is 13.7. The summed E-state index contributed by atoms with van der Waals surface area (Å²) in [6, 6.07) is 16.0. The Hall–Kier alpha value is -3.20. The van der Waals surface area contributed by atoms with Gasteiger partial charge in [-0.05, 0) is 62.2 Å². The van der Waals surface area contributed by atoms with E-state index in [1.54, 1.807) is 42.5 Å². The minimum absolute atomic E-state index is 0.00285. The molecule has 0 unspecified atom stereocenters. The van der Waals surface area contributed by atoms with E-state index in [0.29, 0.717) is 43.8 Å². The molecular formula is C26H23Cl2NO6S. The van der Waals surface area contributed by atoms with Crippen molar-refractivity contribution in [3.05, 3.63) is 82.5 Å². The van der Waals surface area contributed by atoms with Crippen LogP contribution in [-0.4, -0.2) is 29.6 Å². The van der Waals surface area contributed by atoms with Gasteiger partial charge in [0.2, 0.25) is 0 Å². The second kappa shape index (κ2) is 10.4. The second-order valence-corrected chi connectivity index (χ2v) is 11.0. The van der Waals surface area contributed by atoms with Crippen LogP contribution in [0, 0.1) is 0 Å². The quantitative estimate of drug-likeness (QED) is 0.248. The molecule has 10 heteroatoms. The van der Waals surface area contributed by atoms with E-state index < -0.39 is 16.0 Å². The fraction of sp³-hybridized carbons (Fsp3) is 0.192. The molecule has 0 spiro atoms. The number of nitrogens with zero attached hydrogens (tertiary/aromatic N) is 1. The van der Waals surface area contributed by atoms with E-state index >= 15 is 0 Å². The average molecular weight is 548 g/mol. The summed E-state index contributed by atoms with van der Waals surface area (Å²) < 4.78 is 40.2. The summed E-state index contributed by atoms with van der Waals surface area (Å²) in [7, 11) is -4.07. The third-order valence-electron chi connectivity index (χ3n) is 5.29. The van der Waals surface area contributed by atoms with Crippen LogP contribution in [0.5, 0.6) is 17.2 Å². The van der Waals surface area contributed by atoms with Crippen LogP contribution in [-0.2, 0) is 21.2 Å². The van der Waals surface area contributed by atoms with Crippen molar-refractivity contribution in [2.24, 2.45) is 0 Å². The highest BCUT2D eigenvalue weighted by Crippen LogP contribution is 2.33. The van der Waals surface area contributed by atoms with E-state index in [0.717, 1.165) is 3.97 Å². The maximum absolute atomic E-state index is 13.7. The van der Waals surface area contributed by atoms with Crippen molar-refractivity contribution in [2.45, 2.75) is 37.7 Å². The monoisotopic (exact) mass is 547 g/mol. The summed E-state index contributed by atoms with van der Waals surface area (Å²) in [6.07, 6.45) is 1.41. The standard InChI is InChI=1S/C26H23Cl2NO6S/c1-16(2)34-20-7-9-22-17(6-11-26(30)31)15-29(25(22)14-20)36(32,33)21-5-3-4-18(12-21)35-19-8-10-23(27)24(28)13-19/h3-5,7-10,12-16H,6,11H2,1-2H3,(H,30,31). The van der Waals surface area contributed by atoms with E-state index in [9.17, 15) is 13.2 Å². The average Bonchev–Trinajstić information content (AvgIpc) is 3.18. The smallest absolute Gasteiger partial charge is 0.303 e. The number of fused-ring (bicyclic) bond motifs is 1. The molecule has 0 saturated heterocycles. The number of aromatic nitrogens is 1. The Bertz CT molecular complexity index is 1550. The van der Waals surface area contributed by atoms with E-state index in [1.165, 1.54) is 24.4 Å². The van der Waals surface area contributed by atoms with Gasteiger partial charge in [0, 0.05) is 36.2 Å². The Labute approximate surface area is 218 Å². The SMILES string of the molecule is CC(C)Oc1ccc2c(CCC(=O)O)cn(S(=O)(=O)c3cccc(Oc4ccc(Cl)c(Cl)c4)c3)c2c1. The second-order valence-electron chi connectivity index (χ2n) is 8.35. The van der Waals surface area contributed by atoms with Crippen LogP contribution in [0.15, 0.2) is 71.8 Å². The van der Waals surface area contributed by atoms with Crippen molar-refractivity contribution in [1.82, 2.24) is 3.97 Å². The van der Waals surface area contributed by atoms with Crippen LogP contribution in [0.2, 0.25) is 10.0 Å². The number of carboxylic acids is 1. The first-order valence-corrected chi connectivity index (χ1v) is 13.2. The van der Waals surface area contributed by atoms with Gasteiger partial charge in [-0.2, -0.15) is 0 Å². The molecule has 0 atom stereocenters. The highest BCUT2D eigenvalue weighted by Gasteiger charge is 2.23. The summed E-state index contributed by atoms with van der Waals surface area (Å²) in [5, 5.41) is 10.5. The van der Waals surface area contributed by atoms with Crippen molar-refractivity contribution < 1.29 is 27.8 Å². The van der Waals surface area contributed by atoms with Crippen molar-refractivity contribution in [3.63, 3.8) is 0 Å². The molecule has 0 saturated carbocycles. The maximum Gasteiger partial charge on any atom is 0.303 e. The molecule has 188 valence electrons. The molecule has 7 nitrogen and oxygen atoms in total. The van der Waals surface area contributed by atoms with Crippen molar-refractivity contribution in [2.75, 3.05) is 0 Å². The van der Waals surface area contributed by atoms with Crippen molar-refractivity contribution >= 4 is 50.1 Å². The molecule has 1 heterocycles. The van der Waals surface area contributed by atoms with Gasteiger partial charge in [-0.25, -0.2) is 12.4 Å². The lowest BCUT2D eigenvalue weighted by Crippen LogP contribution is -2.12. The normalized spacial score (nSPS) is 11.7. The van der Waals surface area contributed by atoms with Crippen LogP contribution in [0.1, 0.15) is 25.8 Å². The summed E-state index contributed by atoms with van der Waals surface area (Å²) >= 11 is 12.0. The fourth-order valence-electron chi connectivity index (χ4n) is 3.72. The van der Waals surface area contributed by atoms with Gasteiger partial charge in [0.25, 0.3) is 10.0 Å². The molecule has 4 aromatic rings. The zero-order chi connectivity index (χ0) is 26.0. The number of hydrogen-bond donors (Lipinski definition) is 1. The first-order valence-electron chi connectivity index (χ1n) is 11.1. The molecule has 0 fully saturated rings. The Morgan fingerprint density at radius 3 is 2.39 bits per heavy atom. The number of carbonyl (C=O) groups is 1. The molecule has 36 heavy (non-hydrogen) atoms. The predicted octanol–water partition coefficient (Wildman–Crippen LogP) is 6.78. The summed E-state index contributed by atoms with van der Waals surface area (Å²) in [4.78, 5) is 11.2. The summed E-state index contributed by atoms with van der Waals surface area (Å²) in [5.74, 6) is 0.233. The number of hydrogen-bond acceptors (Lipinski definition) is 5.